The minimum atomic E-state index is -0.519. The van der Waals surface area contributed by atoms with Crippen molar-refractivity contribution in [3.8, 4) is 0 Å². The molecule has 0 N–H and O–H groups in total. The summed E-state index contributed by atoms with van der Waals surface area (Å²) in [6.45, 7) is 3.51. The molecule has 144 valence electrons. The zero-order valence-corrected chi connectivity index (χ0v) is 16.2. The molecule has 8 heteroatoms. The van der Waals surface area contributed by atoms with E-state index < -0.39 is 11.9 Å². The topological polar surface area (TPSA) is 76.2 Å². The van der Waals surface area contributed by atoms with E-state index in [0.29, 0.717) is 31.2 Å². The number of ether oxygens (including phenoxy) is 2. The first-order valence-corrected chi connectivity index (χ1v) is 9.53. The Hall–Kier alpha value is -2.45. The Morgan fingerprint density at radius 1 is 1.22 bits per heavy atom. The molecule has 1 saturated heterocycles. The minimum absolute atomic E-state index is 0.0434. The Morgan fingerprint density at radius 3 is 2.63 bits per heavy atom. The summed E-state index contributed by atoms with van der Waals surface area (Å²) in [5.41, 5.74) is 0.851. The number of nitrogens with zero attached hydrogens (tertiary/aromatic N) is 2. The van der Waals surface area contributed by atoms with Crippen molar-refractivity contribution in [3.05, 3.63) is 34.7 Å². The van der Waals surface area contributed by atoms with Crippen LogP contribution in [-0.4, -0.2) is 74.1 Å². The average Bonchev–Trinajstić information content (AvgIpc) is 3.03. The standard InChI is InChI=1S/C19H22N2O5S/c1-13-14-5-3-4-6-15(14)27-18(13)19(24)26-12-17(23)20(2)11-16(22)21-7-9-25-10-8-21/h3-6H,7-12H2,1-2H3. The maximum Gasteiger partial charge on any atom is 0.349 e. The lowest BCUT2D eigenvalue weighted by atomic mass is 10.1. The molecule has 0 radical (unpaired) electrons. The first-order valence-electron chi connectivity index (χ1n) is 8.72. The second kappa shape index (κ2) is 8.49. The molecule has 0 spiro atoms. The number of aryl methyl sites for hydroxylation is 1. The maximum atomic E-state index is 12.4. The summed E-state index contributed by atoms with van der Waals surface area (Å²) in [6.07, 6.45) is 0. The fraction of sp³-hybridized carbons (Fsp3) is 0.421. The highest BCUT2D eigenvalue weighted by atomic mass is 32.1. The van der Waals surface area contributed by atoms with E-state index in [9.17, 15) is 14.4 Å². The molecule has 1 aromatic heterocycles. The molecule has 1 aromatic carbocycles. The maximum absolute atomic E-state index is 12.4. The summed E-state index contributed by atoms with van der Waals surface area (Å²) in [5.74, 6) is -1.07. The van der Waals surface area contributed by atoms with E-state index in [1.54, 1.807) is 4.90 Å². The molecule has 1 aliphatic rings. The second-order valence-electron chi connectivity index (χ2n) is 6.37. The Balaban J connectivity index is 1.53. The van der Waals surface area contributed by atoms with Crippen LogP contribution in [0.2, 0.25) is 0 Å². The number of carbonyl (C=O) groups is 3. The van der Waals surface area contributed by atoms with E-state index in [1.165, 1.54) is 23.3 Å². The Kier molecular flexibility index (Phi) is 6.08. The van der Waals surface area contributed by atoms with Gasteiger partial charge in [-0.3, -0.25) is 9.59 Å². The van der Waals surface area contributed by atoms with Crippen LogP contribution in [0.5, 0.6) is 0 Å². The van der Waals surface area contributed by atoms with Crippen molar-refractivity contribution >= 4 is 39.2 Å². The lowest BCUT2D eigenvalue weighted by molar-refractivity contribution is -0.143. The molecule has 0 aliphatic carbocycles. The Bertz CT molecular complexity index is 857. The first kappa shape index (κ1) is 19.3. The monoisotopic (exact) mass is 390 g/mol. The van der Waals surface area contributed by atoms with E-state index >= 15 is 0 Å². The van der Waals surface area contributed by atoms with Crippen LogP contribution in [0.4, 0.5) is 0 Å². The fourth-order valence-electron chi connectivity index (χ4n) is 2.88. The summed E-state index contributed by atoms with van der Waals surface area (Å²) in [7, 11) is 1.53. The van der Waals surface area contributed by atoms with Crippen LogP contribution in [0.25, 0.3) is 10.1 Å². The number of hydrogen-bond donors (Lipinski definition) is 0. The van der Waals surface area contributed by atoms with E-state index in [0.717, 1.165) is 15.6 Å². The lowest BCUT2D eigenvalue weighted by Crippen LogP contribution is -2.46. The van der Waals surface area contributed by atoms with Crippen molar-refractivity contribution in [1.29, 1.82) is 0 Å². The van der Waals surface area contributed by atoms with Crippen LogP contribution in [0, 0.1) is 6.92 Å². The van der Waals surface area contributed by atoms with E-state index in [2.05, 4.69) is 0 Å². The third-order valence-electron chi connectivity index (χ3n) is 4.52. The van der Waals surface area contributed by atoms with Gasteiger partial charge in [0.15, 0.2) is 6.61 Å². The number of carbonyl (C=O) groups excluding carboxylic acids is 3. The highest BCUT2D eigenvalue weighted by Gasteiger charge is 2.22. The fourth-order valence-corrected chi connectivity index (χ4v) is 3.98. The van der Waals surface area contributed by atoms with Crippen molar-refractivity contribution < 1.29 is 23.9 Å². The van der Waals surface area contributed by atoms with Gasteiger partial charge in [0.2, 0.25) is 5.91 Å². The quantitative estimate of drug-likeness (QED) is 0.726. The van der Waals surface area contributed by atoms with Crippen LogP contribution in [0.1, 0.15) is 15.2 Å². The van der Waals surface area contributed by atoms with Crippen LogP contribution in [0.15, 0.2) is 24.3 Å². The number of benzene rings is 1. The Morgan fingerprint density at radius 2 is 1.93 bits per heavy atom. The van der Waals surface area contributed by atoms with Crippen molar-refractivity contribution in [3.63, 3.8) is 0 Å². The van der Waals surface area contributed by atoms with Crippen LogP contribution >= 0.6 is 11.3 Å². The smallest absolute Gasteiger partial charge is 0.349 e. The van der Waals surface area contributed by atoms with Crippen LogP contribution in [-0.2, 0) is 19.1 Å². The van der Waals surface area contributed by atoms with Gasteiger partial charge in [-0.2, -0.15) is 0 Å². The van der Waals surface area contributed by atoms with Gasteiger partial charge >= 0.3 is 5.97 Å². The molecule has 27 heavy (non-hydrogen) atoms. The molecule has 3 rings (SSSR count). The molecule has 2 amide bonds. The van der Waals surface area contributed by atoms with Crippen molar-refractivity contribution in [2.45, 2.75) is 6.92 Å². The third-order valence-corrected chi connectivity index (χ3v) is 5.77. The summed E-state index contributed by atoms with van der Waals surface area (Å²) in [5, 5.41) is 1.01. The van der Waals surface area contributed by atoms with Crippen LogP contribution in [0.3, 0.4) is 0 Å². The Labute approximate surface area is 161 Å². The molecular formula is C19H22N2O5S. The molecule has 1 aliphatic heterocycles. The number of amides is 2. The molecule has 0 unspecified atom stereocenters. The van der Waals surface area contributed by atoms with E-state index in [4.69, 9.17) is 9.47 Å². The number of fused-ring (bicyclic) bond motifs is 1. The zero-order valence-electron chi connectivity index (χ0n) is 15.4. The van der Waals surface area contributed by atoms with Gasteiger partial charge in [-0.15, -0.1) is 11.3 Å². The van der Waals surface area contributed by atoms with E-state index in [-0.39, 0.29) is 19.1 Å². The van der Waals surface area contributed by atoms with E-state index in [1.807, 2.05) is 31.2 Å². The van der Waals surface area contributed by atoms with Gasteiger partial charge < -0.3 is 19.3 Å². The molecule has 0 saturated carbocycles. The van der Waals surface area contributed by atoms with Gasteiger partial charge in [-0.25, -0.2) is 4.79 Å². The highest BCUT2D eigenvalue weighted by Crippen LogP contribution is 2.30. The van der Waals surface area contributed by atoms with Gasteiger partial charge in [0.25, 0.3) is 5.91 Å². The highest BCUT2D eigenvalue weighted by molar-refractivity contribution is 7.21. The first-order chi connectivity index (χ1) is 13.0. The summed E-state index contributed by atoms with van der Waals surface area (Å²) < 4.78 is 11.4. The van der Waals surface area contributed by atoms with Gasteiger partial charge in [0.1, 0.15) is 4.88 Å². The number of hydrogen-bond acceptors (Lipinski definition) is 6. The lowest BCUT2D eigenvalue weighted by Gasteiger charge is -2.28. The largest absolute Gasteiger partial charge is 0.451 e. The minimum Gasteiger partial charge on any atom is -0.451 e. The number of rotatable bonds is 5. The average molecular weight is 390 g/mol. The van der Waals surface area contributed by atoms with Crippen LogP contribution < -0.4 is 0 Å². The van der Waals surface area contributed by atoms with Gasteiger partial charge in [0.05, 0.1) is 19.8 Å². The molecule has 1 fully saturated rings. The number of thiophene rings is 1. The summed E-state index contributed by atoms with van der Waals surface area (Å²) in [4.78, 5) is 40.2. The molecule has 0 bridgehead atoms. The summed E-state index contributed by atoms with van der Waals surface area (Å²) >= 11 is 1.35. The third kappa shape index (κ3) is 4.45. The normalized spacial score (nSPS) is 14.2. The number of esters is 1. The van der Waals surface area contributed by atoms with Gasteiger partial charge in [-0.1, -0.05) is 18.2 Å². The second-order valence-corrected chi connectivity index (χ2v) is 7.42. The molecule has 7 nitrogen and oxygen atoms in total. The van der Waals surface area contributed by atoms with Crippen molar-refractivity contribution in [2.24, 2.45) is 0 Å². The summed E-state index contributed by atoms with van der Waals surface area (Å²) in [6, 6.07) is 7.73. The zero-order chi connectivity index (χ0) is 19.4. The molecular weight excluding hydrogens is 368 g/mol. The SMILES string of the molecule is Cc1c(C(=O)OCC(=O)N(C)CC(=O)N2CCOCC2)sc2ccccc12. The van der Waals surface area contributed by atoms with Crippen molar-refractivity contribution in [2.75, 3.05) is 46.5 Å². The molecule has 2 aromatic rings. The molecule has 0 atom stereocenters. The number of morpholine rings is 1. The predicted molar refractivity (Wildman–Crippen MR) is 102 cm³/mol. The number of likely N-dealkylation sites (N-methyl/N-ethyl adjacent to an activating group) is 1. The van der Waals surface area contributed by atoms with Crippen molar-refractivity contribution in [1.82, 2.24) is 9.80 Å². The van der Waals surface area contributed by atoms with Gasteiger partial charge in [-0.05, 0) is 23.9 Å². The predicted octanol–water partition coefficient (Wildman–Crippen LogP) is 1.68. The molecule has 2 heterocycles. The van der Waals surface area contributed by atoms with Gasteiger partial charge in [0, 0.05) is 24.8 Å².